The monoisotopic (exact) mass is 682 g/mol. The number of ether oxygens (including phenoxy) is 1. The molecule has 0 rings (SSSR count). The Morgan fingerprint density at radius 3 is 1.27 bits per heavy atom. The Kier molecular flexibility index (Phi) is 36.2. The van der Waals surface area contributed by atoms with Gasteiger partial charge in [0, 0.05) is 6.42 Å². The molecule has 0 saturated carbocycles. The van der Waals surface area contributed by atoms with Crippen LogP contribution in [0.3, 0.4) is 0 Å². The highest BCUT2D eigenvalue weighted by Crippen LogP contribution is 2.18. The highest BCUT2D eigenvalue weighted by atomic mass is 16.5. The van der Waals surface area contributed by atoms with Gasteiger partial charge in [0.05, 0.1) is 25.2 Å². The summed E-state index contributed by atoms with van der Waals surface area (Å²) in [5.41, 5.74) is 0. The lowest BCUT2D eigenvalue weighted by Crippen LogP contribution is -2.46. The fourth-order valence-corrected chi connectivity index (χ4v) is 6.67. The second kappa shape index (κ2) is 37.1. The van der Waals surface area contributed by atoms with Crippen molar-refractivity contribution in [2.24, 2.45) is 0 Å². The van der Waals surface area contributed by atoms with E-state index in [1.807, 2.05) is 0 Å². The van der Waals surface area contributed by atoms with Gasteiger partial charge in [0.25, 0.3) is 0 Å². The van der Waals surface area contributed by atoms with Crippen LogP contribution in [-0.2, 0) is 14.3 Å². The van der Waals surface area contributed by atoms with Crippen molar-refractivity contribution < 1.29 is 24.5 Å². The predicted octanol–water partition coefficient (Wildman–Crippen LogP) is 11.7. The van der Waals surface area contributed by atoms with Crippen LogP contribution >= 0.6 is 0 Å². The number of hydrogen-bond acceptors (Lipinski definition) is 5. The van der Waals surface area contributed by atoms with Crippen LogP contribution in [0.5, 0.6) is 0 Å². The molecule has 3 N–H and O–H groups in total. The Morgan fingerprint density at radius 2 is 0.875 bits per heavy atom. The number of carbonyl (C=O) groups is 2. The van der Waals surface area contributed by atoms with Crippen LogP contribution < -0.4 is 5.32 Å². The zero-order valence-corrected chi connectivity index (χ0v) is 32.4. The summed E-state index contributed by atoms with van der Waals surface area (Å²) in [7, 11) is 0. The molecule has 6 heteroatoms. The van der Waals surface area contributed by atoms with Crippen molar-refractivity contribution in [2.45, 2.75) is 251 Å². The van der Waals surface area contributed by atoms with Crippen molar-refractivity contribution >= 4 is 11.9 Å². The van der Waals surface area contributed by atoms with Gasteiger partial charge in [0.2, 0.25) is 5.91 Å². The predicted molar refractivity (Wildman–Crippen MR) is 204 cm³/mol. The van der Waals surface area contributed by atoms with E-state index in [0.717, 1.165) is 44.9 Å². The number of aliphatic hydroxyl groups excluding tert-OH is 2. The van der Waals surface area contributed by atoms with Gasteiger partial charge in [0.15, 0.2) is 0 Å². The third-order valence-corrected chi connectivity index (χ3v) is 9.94. The third kappa shape index (κ3) is 32.1. The van der Waals surface area contributed by atoms with Crippen LogP contribution in [0.4, 0.5) is 0 Å². The van der Waals surface area contributed by atoms with Crippen LogP contribution in [0, 0.1) is 0 Å². The molecule has 0 bridgehead atoms. The summed E-state index contributed by atoms with van der Waals surface area (Å²) in [5, 5.41) is 23.5. The van der Waals surface area contributed by atoms with Crippen LogP contribution in [0.2, 0.25) is 0 Å². The normalized spacial score (nSPS) is 13.4. The maximum atomic E-state index is 13.0. The Balaban J connectivity index is 4.57. The fraction of sp³-hybridized carbons (Fsp3) is 0.952. The molecule has 0 aromatic rings. The molecule has 286 valence electrons. The van der Waals surface area contributed by atoms with Crippen LogP contribution in [0.25, 0.3) is 0 Å². The van der Waals surface area contributed by atoms with Crippen LogP contribution in [-0.4, -0.2) is 46.9 Å². The average molecular weight is 682 g/mol. The first-order valence-corrected chi connectivity index (χ1v) is 21.3. The molecule has 6 nitrogen and oxygen atoms in total. The highest BCUT2D eigenvalue weighted by molar-refractivity contribution is 5.77. The van der Waals surface area contributed by atoms with E-state index in [1.54, 1.807) is 0 Å². The Labute approximate surface area is 298 Å². The number of unbranched alkanes of at least 4 members (excludes halogenated alkanes) is 26. The standard InChI is InChI=1S/C42H83NO5/c1-4-7-10-13-16-19-20-23-24-27-30-33-38(48-42(47)35-32-29-26-22-18-15-12-9-6-3)36-41(46)43-39(37-44)40(45)34-31-28-25-21-17-14-11-8-5-2/h38-40,44-45H,4-37H2,1-3H3,(H,43,46). The number of hydrogen-bond donors (Lipinski definition) is 3. The van der Waals surface area contributed by atoms with E-state index >= 15 is 0 Å². The molecule has 0 aliphatic heterocycles. The molecule has 0 saturated heterocycles. The minimum absolute atomic E-state index is 0.0858. The summed E-state index contributed by atoms with van der Waals surface area (Å²) in [6.45, 7) is 6.43. The maximum Gasteiger partial charge on any atom is 0.306 e. The van der Waals surface area contributed by atoms with Gasteiger partial charge < -0.3 is 20.3 Å². The first-order chi connectivity index (χ1) is 23.5. The van der Waals surface area contributed by atoms with Gasteiger partial charge >= 0.3 is 5.97 Å². The van der Waals surface area contributed by atoms with Crippen LogP contribution in [0.1, 0.15) is 233 Å². The molecule has 3 atom stereocenters. The van der Waals surface area contributed by atoms with Crippen molar-refractivity contribution in [3.8, 4) is 0 Å². The Hall–Kier alpha value is -1.14. The number of esters is 1. The lowest BCUT2D eigenvalue weighted by molar-refractivity contribution is -0.151. The smallest absolute Gasteiger partial charge is 0.306 e. The molecule has 0 fully saturated rings. The van der Waals surface area contributed by atoms with Gasteiger partial charge in [-0.05, 0) is 25.7 Å². The van der Waals surface area contributed by atoms with E-state index in [1.165, 1.54) is 141 Å². The molecule has 3 unspecified atom stereocenters. The highest BCUT2D eigenvalue weighted by Gasteiger charge is 2.24. The second-order valence-corrected chi connectivity index (χ2v) is 14.8. The topological polar surface area (TPSA) is 95.9 Å². The van der Waals surface area contributed by atoms with Gasteiger partial charge in [-0.15, -0.1) is 0 Å². The van der Waals surface area contributed by atoms with Crippen molar-refractivity contribution in [1.82, 2.24) is 5.32 Å². The summed E-state index contributed by atoms with van der Waals surface area (Å²) in [6, 6.07) is -0.688. The van der Waals surface area contributed by atoms with Gasteiger partial charge in [-0.2, -0.15) is 0 Å². The summed E-state index contributed by atoms with van der Waals surface area (Å²) >= 11 is 0. The van der Waals surface area contributed by atoms with Crippen molar-refractivity contribution in [3.05, 3.63) is 0 Å². The maximum absolute atomic E-state index is 13.0. The van der Waals surface area contributed by atoms with E-state index in [0.29, 0.717) is 19.3 Å². The summed E-state index contributed by atoms with van der Waals surface area (Å²) in [6.07, 6.45) is 35.9. The number of nitrogens with one attached hydrogen (secondary N) is 1. The fourth-order valence-electron chi connectivity index (χ4n) is 6.67. The molecule has 0 heterocycles. The molecule has 0 aromatic carbocycles. The van der Waals surface area contributed by atoms with E-state index in [9.17, 15) is 19.8 Å². The van der Waals surface area contributed by atoms with E-state index in [4.69, 9.17) is 4.74 Å². The van der Waals surface area contributed by atoms with Gasteiger partial charge in [-0.3, -0.25) is 9.59 Å². The quantitative estimate of drug-likeness (QED) is 0.0445. The minimum Gasteiger partial charge on any atom is -0.462 e. The van der Waals surface area contributed by atoms with Gasteiger partial charge in [0.1, 0.15) is 6.10 Å². The summed E-state index contributed by atoms with van der Waals surface area (Å²) < 4.78 is 5.87. The van der Waals surface area contributed by atoms with Crippen molar-refractivity contribution in [3.63, 3.8) is 0 Å². The molecule has 0 aromatic heterocycles. The molecule has 0 aliphatic rings. The van der Waals surface area contributed by atoms with Crippen molar-refractivity contribution in [1.29, 1.82) is 0 Å². The van der Waals surface area contributed by atoms with E-state index < -0.39 is 18.2 Å². The third-order valence-electron chi connectivity index (χ3n) is 9.94. The molecule has 48 heavy (non-hydrogen) atoms. The largest absolute Gasteiger partial charge is 0.462 e. The number of amides is 1. The lowest BCUT2D eigenvalue weighted by Gasteiger charge is -2.24. The van der Waals surface area contributed by atoms with E-state index in [-0.39, 0.29) is 24.9 Å². The second-order valence-electron chi connectivity index (χ2n) is 14.8. The number of rotatable bonds is 38. The van der Waals surface area contributed by atoms with Gasteiger partial charge in [-0.1, -0.05) is 194 Å². The van der Waals surface area contributed by atoms with Gasteiger partial charge in [-0.25, -0.2) is 0 Å². The number of aliphatic hydroxyl groups is 2. The zero-order chi connectivity index (χ0) is 35.3. The first-order valence-electron chi connectivity index (χ1n) is 21.3. The van der Waals surface area contributed by atoms with Crippen LogP contribution in [0.15, 0.2) is 0 Å². The minimum atomic E-state index is -0.775. The number of carbonyl (C=O) groups excluding carboxylic acids is 2. The SMILES string of the molecule is CCCCCCCCCCCCCC(CC(=O)NC(CO)C(O)CCCCCCCCCCC)OC(=O)CCCCCCCCCCC. The molecular weight excluding hydrogens is 598 g/mol. The molecule has 0 aliphatic carbocycles. The lowest BCUT2D eigenvalue weighted by atomic mass is 10.0. The van der Waals surface area contributed by atoms with Crippen molar-refractivity contribution in [2.75, 3.05) is 6.61 Å². The Bertz CT molecular complexity index is 687. The zero-order valence-electron chi connectivity index (χ0n) is 32.4. The molecular formula is C42H83NO5. The first kappa shape index (κ1) is 46.9. The summed E-state index contributed by atoms with van der Waals surface area (Å²) in [4.78, 5) is 25.8. The molecule has 0 radical (unpaired) electrons. The van der Waals surface area contributed by atoms with E-state index in [2.05, 4.69) is 26.1 Å². The summed E-state index contributed by atoms with van der Waals surface area (Å²) in [5.74, 6) is -0.466. The average Bonchev–Trinajstić information content (AvgIpc) is 3.07. The Morgan fingerprint density at radius 1 is 0.521 bits per heavy atom. The molecule has 1 amide bonds. The molecule has 0 spiro atoms.